The lowest BCUT2D eigenvalue weighted by Crippen LogP contribution is -2.08. The molecule has 0 amide bonds. The summed E-state index contributed by atoms with van der Waals surface area (Å²) >= 11 is 0. The first-order chi connectivity index (χ1) is 8.22. The lowest BCUT2D eigenvalue weighted by Gasteiger charge is -2.10. The van der Waals surface area contributed by atoms with Crippen LogP contribution in [0.1, 0.15) is 29.8 Å². The number of ether oxygens (including phenoxy) is 2. The van der Waals surface area contributed by atoms with Gasteiger partial charge in [-0.3, -0.25) is 0 Å². The van der Waals surface area contributed by atoms with Crippen molar-refractivity contribution in [3.8, 4) is 5.75 Å². The van der Waals surface area contributed by atoms with Crippen LogP contribution in [0.25, 0.3) is 0 Å². The summed E-state index contributed by atoms with van der Waals surface area (Å²) in [5.41, 5.74) is 1.21. The van der Waals surface area contributed by atoms with Crippen molar-refractivity contribution in [3.05, 3.63) is 29.3 Å². The van der Waals surface area contributed by atoms with Gasteiger partial charge >= 0.3 is 5.97 Å². The van der Waals surface area contributed by atoms with Gasteiger partial charge in [0.25, 0.3) is 0 Å². The van der Waals surface area contributed by atoms with Gasteiger partial charge in [-0.2, -0.15) is 0 Å². The average molecular weight is 236 g/mol. The van der Waals surface area contributed by atoms with Crippen molar-refractivity contribution in [2.24, 2.45) is 0 Å². The third-order valence-corrected chi connectivity index (χ3v) is 2.16. The maximum atomic E-state index is 11.6. The highest BCUT2D eigenvalue weighted by Gasteiger charge is 2.14. The van der Waals surface area contributed by atoms with E-state index in [4.69, 9.17) is 9.47 Å². The van der Waals surface area contributed by atoms with Gasteiger partial charge in [-0.1, -0.05) is 6.07 Å². The molecule has 0 saturated carbocycles. The van der Waals surface area contributed by atoms with E-state index in [0.29, 0.717) is 30.9 Å². The van der Waals surface area contributed by atoms with E-state index in [9.17, 15) is 9.59 Å². The Morgan fingerprint density at radius 3 is 2.65 bits per heavy atom. The molecule has 4 nitrogen and oxygen atoms in total. The molecule has 0 fully saturated rings. The Kier molecular flexibility index (Phi) is 5.20. The lowest BCUT2D eigenvalue weighted by molar-refractivity contribution is -0.107. The Morgan fingerprint density at radius 1 is 1.29 bits per heavy atom. The summed E-state index contributed by atoms with van der Waals surface area (Å²) in [5.74, 6) is 0.0545. The monoisotopic (exact) mass is 236 g/mol. The molecule has 0 radical (unpaired) electrons. The Hall–Kier alpha value is -1.84. The molecule has 0 aromatic heterocycles. The summed E-state index contributed by atoms with van der Waals surface area (Å²) in [5, 5.41) is 0. The molecule has 0 N–H and O–H groups in total. The van der Waals surface area contributed by atoms with E-state index in [0.717, 1.165) is 11.8 Å². The Morgan fingerprint density at radius 2 is 2.06 bits per heavy atom. The highest BCUT2D eigenvalue weighted by Crippen LogP contribution is 2.21. The van der Waals surface area contributed by atoms with E-state index >= 15 is 0 Å². The largest absolute Gasteiger partial charge is 0.493 e. The smallest absolute Gasteiger partial charge is 0.341 e. The molecule has 0 heterocycles. The molecule has 1 aromatic carbocycles. The van der Waals surface area contributed by atoms with Gasteiger partial charge in [-0.25, -0.2) is 4.79 Å². The van der Waals surface area contributed by atoms with Gasteiger partial charge in [-0.15, -0.1) is 0 Å². The highest BCUT2D eigenvalue weighted by molar-refractivity contribution is 5.92. The Balaban J connectivity index is 3.02. The molecule has 0 unspecified atom stereocenters. The number of esters is 1. The predicted molar refractivity (Wildman–Crippen MR) is 63.3 cm³/mol. The first-order valence-electron chi connectivity index (χ1n) is 5.59. The molecule has 0 atom stereocenters. The summed E-state index contributed by atoms with van der Waals surface area (Å²) in [6.07, 6.45) is 1.12. The fraction of sp³-hybridized carbons (Fsp3) is 0.385. The molecular weight excluding hydrogens is 220 g/mol. The number of rotatable bonds is 6. The minimum absolute atomic E-state index is 0.309. The van der Waals surface area contributed by atoms with Crippen LogP contribution in [0.4, 0.5) is 0 Å². The number of benzene rings is 1. The van der Waals surface area contributed by atoms with Gasteiger partial charge in [0.05, 0.1) is 13.2 Å². The zero-order valence-corrected chi connectivity index (χ0v) is 10.1. The van der Waals surface area contributed by atoms with Gasteiger partial charge in [-0.05, 0) is 31.5 Å². The van der Waals surface area contributed by atoms with Crippen LogP contribution < -0.4 is 4.74 Å². The third-order valence-electron chi connectivity index (χ3n) is 2.16. The van der Waals surface area contributed by atoms with Crippen LogP contribution in [-0.4, -0.2) is 25.5 Å². The van der Waals surface area contributed by atoms with E-state index in [1.165, 1.54) is 0 Å². The van der Waals surface area contributed by atoms with Crippen LogP contribution in [0.3, 0.4) is 0 Å². The SMILES string of the molecule is CCOC(=O)c1ccc(CC=O)cc1OCC. The van der Waals surface area contributed by atoms with E-state index < -0.39 is 5.97 Å². The van der Waals surface area contributed by atoms with Crippen LogP contribution in [-0.2, 0) is 16.0 Å². The van der Waals surface area contributed by atoms with Crippen LogP contribution in [0.5, 0.6) is 5.75 Å². The Bertz CT molecular complexity index is 398. The van der Waals surface area contributed by atoms with Gasteiger partial charge in [0, 0.05) is 6.42 Å². The fourth-order valence-corrected chi connectivity index (χ4v) is 1.44. The second kappa shape index (κ2) is 6.68. The van der Waals surface area contributed by atoms with Crippen molar-refractivity contribution in [2.75, 3.05) is 13.2 Å². The normalized spacial score (nSPS) is 9.76. The topological polar surface area (TPSA) is 52.6 Å². The van der Waals surface area contributed by atoms with Gasteiger partial charge in [0.1, 0.15) is 17.6 Å². The van der Waals surface area contributed by atoms with Crippen molar-refractivity contribution in [1.29, 1.82) is 0 Å². The molecule has 1 aromatic rings. The standard InChI is InChI=1S/C13H16O4/c1-3-16-12-9-10(7-8-14)5-6-11(12)13(15)17-4-2/h5-6,8-9H,3-4,7H2,1-2H3. The quantitative estimate of drug-likeness (QED) is 0.560. The number of carbonyl (C=O) groups is 2. The van der Waals surface area contributed by atoms with Crippen molar-refractivity contribution >= 4 is 12.3 Å². The highest BCUT2D eigenvalue weighted by atomic mass is 16.5. The molecular formula is C13H16O4. The van der Waals surface area contributed by atoms with Crippen LogP contribution in [0, 0.1) is 0 Å². The molecule has 0 aliphatic heterocycles. The maximum Gasteiger partial charge on any atom is 0.341 e. The maximum absolute atomic E-state index is 11.6. The van der Waals surface area contributed by atoms with E-state index in [1.807, 2.05) is 6.92 Å². The summed E-state index contributed by atoms with van der Waals surface area (Å²) in [6, 6.07) is 5.05. The molecule has 0 saturated heterocycles. The van der Waals surface area contributed by atoms with Crippen molar-refractivity contribution in [1.82, 2.24) is 0 Å². The summed E-state index contributed by atoms with van der Waals surface area (Å²) in [7, 11) is 0. The second-order valence-electron chi connectivity index (χ2n) is 3.35. The zero-order valence-electron chi connectivity index (χ0n) is 10.1. The van der Waals surface area contributed by atoms with Crippen LogP contribution in [0.2, 0.25) is 0 Å². The van der Waals surface area contributed by atoms with Crippen molar-refractivity contribution in [3.63, 3.8) is 0 Å². The molecule has 0 aliphatic carbocycles. The minimum atomic E-state index is -0.409. The molecule has 92 valence electrons. The van der Waals surface area contributed by atoms with E-state index in [2.05, 4.69) is 0 Å². The molecule has 17 heavy (non-hydrogen) atoms. The molecule has 0 aliphatic rings. The number of aldehydes is 1. The van der Waals surface area contributed by atoms with Crippen molar-refractivity contribution in [2.45, 2.75) is 20.3 Å². The zero-order chi connectivity index (χ0) is 12.7. The first-order valence-corrected chi connectivity index (χ1v) is 5.59. The Labute approximate surface area is 101 Å². The molecule has 1 rings (SSSR count). The van der Waals surface area contributed by atoms with Crippen LogP contribution in [0.15, 0.2) is 18.2 Å². The van der Waals surface area contributed by atoms with Gasteiger partial charge in [0.15, 0.2) is 0 Å². The fourth-order valence-electron chi connectivity index (χ4n) is 1.44. The first kappa shape index (κ1) is 13.2. The lowest BCUT2D eigenvalue weighted by atomic mass is 10.1. The number of hydrogen-bond acceptors (Lipinski definition) is 4. The second-order valence-corrected chi connectivity index (χ2v) is 3.35. The minimum Gasteiger partial charge on any atom is -0.493 e. The van der Waals surface area contributed by atoms with Gasteiger partial charge < -0.3 is 14.3 Å². The van der Waals surface area contributed by atoms with E-state index in [1.54, 1.807) is 25.1 Å². The number of hydrogen-bond donors (Lipinski definition) is 0. The molecule has 0 bridgehead atoms. The predicted octanol–water partition coefficient (Wildman–Crippen LogP) is 2.00. The summed E-state index contributed by atoms with van der Waals surface area (Å²) in [6.45, 7) is 4.36. The summed E-state index contributed by atoms with van der Waals surface area (Å²) in [4.78, 5) is 22.1. The third kappa shape index (κ3) is 3.59. The van der Waals surface area contributed by atoms with Gasteiger partial charge in [0.2, 0.25) is 0 Å². The van der Waals surface area contributed by atoms with Crippen molar-refractivity contribution < 1.29 is 19.1 Å². The van der Waals surface area contributed by atoms with Crippen LogP contribution >= 0.6 is 0 Å². The average Bonchev–Trinajstić information content (AvgIpc) is 2.30. The van der Waals surface area contributed by atoms with E-state index in [-0.39, 0.29) is 0 Å². The number of carbonyl (C=O) groups excluding carboxylic acids is 2. The summed E-state index contributed by atoms with van der Waals surface area (Å²) < 4.78 is 10.3. The molecule has 0 spiro atoms. The molecule has 4 heteroatoms.